The summed E-state index contributed by atoms with van der Waals surface area (Å²) in [5, 5.41) is 0.405. The number of fused-ring (bicyclic) bond motifs is 1. The average Bonchev–Trinajstić information content (AvgIpc) is 3.09. The molecule has 2 atom stereocenters. The Balaban J connectivity index is 1.70. The van der Waals surface area contributed by atoms with E-state index in [1.807, 2.05) is 0 Å². The molecule has 2 aromatic rings. The Kier molecular flexibility index (Phi) is 6.30. The number of halogens is 2. The first-order valence-electron chi connectivity index (χ1n) is 11.0. The van der Waals surface area contributed by atoms with E-state index in [-0.39, 0.29) is 22.2 Å². The fourth-order valence-electron chi connectivity index (χ4n) is 4.99. The van der Waals surface area contributed by atoms with Crippen LogP contribution in [0.5, 0.6) is 6.01 Å². The van der Waals surface area contributed by atoms with Crippen molar-refractivity contribution in [3.8, 4) is 6.01 Å². The molecule has 164 valence electrons. The molecule has 2 aliphatic heterocycles. The zero-order valence-electron chi connectivity index (χ0n) is 18.1. The highest BCUT2D eigenvalue weighted by Gasteiger charge is 2.39. The van der Waals surface area contributed by atoms with Gasteiger partial charge in [0.15, 0.2) is 11.0 Å². The van der Waals surface area contributed by atoms with E-state index in [9.17, 15) is 4.39 Å². The van der Waals surface area contributed by atoms with Crippen molar-refractivity contribution in [2.45, 2.75) is 57.9 Å². The second-order valence-electron chi connectivity index (χ2n) is 8.94. The first-order chi connectivity index (χ1) is 14.4. The van der Waals surface area contributed by atoms with Crippen molar-refractivity contribution < 1.29 is 9.13 Å². The third-order valence-electron chi connectivity index (χ3n) is 6.69. The summed E-state index contributed by atoms with van der Waals surface area (Å²) in [5.74, 6) is 0.626. The first kappa shape index (κ1) is 21.5. The van der Waals surface area contributed by atoms with Gasteiger partial charge in [0.2, 0.25) is 0 Å². The summed E-state index contributed by atoms with van der Waals surface area (Å²) in [6.45, 7) is 7.74. The van der Waals surface area contributed by atoms with Crippen LogP contribution < -0.4 is 9.64 Å². The highest BCUT2D eigenvalue weighted by molar-refractivity contribution is 6.30. The summed E-state index contributed by atoms with van der Waals surface area (Å²) >= 11 is 5.96. The molecule has 0 N–H and O–H groups in total. The SMILES string of the molecule is CCCC1(COc2nc(N3CCCC(C)C3)c3cnc(Cl)c(F)c3n2)CCCN1C. The molecule has 0 amide bonds. The highest BCUT2D eigenvalue weighted by Crippen LogP contribution is 2.35. The number of hydrogen-bond donors (Lipinski definition) is 0. The summed E-state index contributed by atoms with van der Waals surface area (Å²) in [6, 6.07) is 0.215. The molecule has 0 bridgehead atoms. The molecule has 2 fully saturated rings. The predicted octanol–water partition coefficient (Wildman–Crippen LogP) is 4.70. The number of ether oxygens (including phenoxy) is 1. The molecular formula is C22H31ClFN5O. The van der Waals surface area contributed by atoms with E-state index in [1.54, 1.807) is 6.20 Å². The standard InChI is InChI=1S/C22H31ClFN5O/c1-4-8-22(9-6-10-28(22)3)14-30-21-26-18-16(12-25-19(23)17(18)24)20(27-21)29-11-5-7-15(2)13-29/h12,15H,4-11,13-14H2,1-3H3. The summed E-state index contributed by atoms with van der Waals surface area (Å²) in [7, 11) is 2.15. The lowest BCUT2D eigenvalue weighted by atomic mass is 9.92. The molecule has 0 aromatic carbocycles. The van der Waals surface area contributed by atoms with Crippen LogP contribution in [-0.4, -0.2) is 58.7 Å². The van der Waals surface area contributed by atoms with Gasteiger partial charge in [0, 0.05) is 19.3 Å². The van der Waals surface area contributed by atoms with E-state index < -0.39 is 5.82 Å². The maximum absolute atomic E-state index is 14.8. The van der Waals surface area contributed by atoms with Crippen LogP contribution in [0.25, 0.3) is 10.9 Å². The Labute approximate surface area is 182 Å². The maximum atomic E-state index is 14.8. The minimum absolute atomic E-state index is 0.0126. The quantitative estimate of drug-likeness (QED) is 0.613. The molecule has 0 saturated carbocycles. The fraction of sp³-hybridized carbons (Fsp3) is 0.682. The van der Waals surface area contributed by atoms with Crippen molar-refractivity contribution in [3.05, 3.63) is 17.2 Å². The molecule has 2 aromatic heterocycles. The molecule has 2 unspecified atom stereocenters. The lowest BCUT2D eigenvalue weighted by molar-refractivity contribution is 0.0828. The van der Waals surface area contributed by atoms with Crippen molar-refractivity contribution in [1.29, 1.82) is 0 Å². The lowest BCUT2D eigenvalue weighted by Gasteiger charge is -2.36. The van der Waals surface area contributed by atoms with E-state index in [1.165, 1.54) is 6.42 Å². The summed E-state index contributed by atoms with van der Waals surface area (Å²) in [4.78, 5) is 17.7. The van der Waals surface area contributed by atoms with E-state index >= 15 is 0 Å². The van der Waals surface area contributed by atoms with Crippen molar-refractivity contribution in [2.75, 3.05) is 38.2 Å². The zero-order chi connectivity index (χ0) is 21.3. The molecule has 0 aliphatic carbocycles. The molecule has 4 heterocycles. The molecule has 8 heteroatoms. The second kappa shape index (κ2) is 8.79. The summed E-state index contributed by atoms with van der Waals surface area (Å²) in [5.41, 5.74) is 0.166. The number of anilines is 1. The summed E-state index contributed by atoms with van der Waals surface area (Å²) in [6.07, 6.45) is 8.22. The normalized spacial score (nSPS) is 25.2. The Bertz CT molecular complexity index is 913. The molecule has 6 nitrogen and oxygen atoms in total. The number of likely N-dealkylation sites (N-methyl/N-ethyl adjacent to an activating group) is 1. The number of aromatic nitrogens is 3. The van der Waals surface area contributed by atoms with Gasteiger partial charge < -0.3 is 9.64 Å². The maximum Gasteiger partial charge on any atom is 0.319 e. The van der Waals surface area contributed by atoms with Gasteiger partial charge in [-0.2, -0.15) is 9.97 Å². The molecular weight excluding hydrogens is 405 g/mol. The molecule has 2 saturated heterocycles. The van der Waals surface area contributed by atoms with Crippen LogP contribution in [0.1, 0.15) is 52.4 Å². The number of piperidine rings is 1. The lowest BCUT2D eigenvalue weighted by Crippen LogP contribution is -2.46. The number of pyridine rings is 1. The topological polar surface area (TPSA) is 54.4 Å². The van der Waals surface area contributed by atoms with Crippen LogP contribution in [0.15, 0.2) is 6.20 Å². The molecule has 0 radical (unpaired) electrons. The Hall–Kier alpha value is -1.73. The van der Waals surface area contributed by atoms with Crippen LogP contribution in [-0.2, 0) is 0 Å². The molecule has 0 spiro atoms. The Morgan fingerprint density at radius 2 is 2.13 bits per heavy atom. The van der Waals surface area contributed by atoms with E-state index in [2.05, 4.69) is 40.7 Å². The Morgan fingerprint density at radius 1 is 1.30 bits per heavy atom. The van der Waals surface area contributed by atoms with E-state index in [0.717, 1.165) is 51.7 Å². The van der Waals surface area contributed by atoms with Crippen LogP contribution in [0.3, 0.4) is 0 Å². The molecule has 4 rings (SSSR count). The number of rotatable bonds is 6. The van der Waals surface area contributed by atoms with Crippen LogP contribution >= 0.6 is 11.6 Å². The fourth-order valence-corrected chi connectivity index (χ4v) is 5.13. The smallest absolute Gasteiger partial charge is 0.319 e. The monoisotopic (exact) mass is 435 g/mol. The van der Waals surface area contributed by atoms with Crippen LogP contribution in [0.4, 0.5) is 10.2 Å². The first-order valence-corrected chi connectivity index (χ1v) is 11.4. The van der Waals surface area contributed by atoms with Crippen molar-refractivity contribution >= 4 is 28.3 Å². The van der Waals surface area contributed by atoms with E-state index in [4.69, 9.17) is 21.3 Å². The van der Waals surface area contributed by atoms with Gasteiger partial charge in [-0.3, -0.25) is 4.90 Å². The predicted molar refractivity (Wildman–Crippen MR) is 118 cm³/mol. The van der Waals surface area contributed by atoms with Gasteiger partial charge in [-0.05, 0) is 51.6 Å². The van der Waals surface area contributed by atoms with Gasteiger partial charge in [-0.1, -0.05) is 31.9 Å². The van der Waals surface area contributed by atoms with Gasteiger partial charge in [0.05, 0.1) is 10.9 Å². The van der Waals surface area contributed by atoms with Crippen LogP contribution in [0, 0.1) is 11.7 Å². The third kappa shape index (κ3) is 4.06. The minimum Gasteiger partial charge on any atom is -0.461 e. The molecule has 30 heavy (non-hydrogen) atoms. The number of hydrogen-bond acceptors (Lipinski definition) is 6. The van der Waals surface area contributed by atoms with Gasteiger partial charge in [0.25, 0.3) is 0 Å². The molecule has 2 aliphatic rings. The average molecular weight is 436 g/mol. The van der Waals surface area contributed by atoms with Crippen LogP contribution in [0.2, 0.25) is 5.15 Å². The minimum atomic E-state index is -0.617. The second-order valence-corrected chi connectivity index (χ2v) is 9.29. The van der Waals surface area contributed by atoms with E-state index in [0.29, 0.717) is 23.7 Å². The number of likely N-dealkylation sites (tertiary alicyclic amines) is 1. The van der Waals surface area contributed by atoms with Gasteiger partial charge in [0.1, 0.15) is 17.9 Å². The van der Waals surface area contributed by atoms with Gasteiger partial charge >= 0.3 is 6.01 Å². The number of nitrogens with zero attached hydrogens (tertiary/aromatic N) is 5. The Morgan fingerprint density at radius 3 is 2.83 bits per heavy atom. The zero-order valence-corrected chi connectivity index (χ0v) is 18.9. The van der Waals surface area contributed by atoms with Crippen molar-refractivity contribution in [3.63, 3.8) is 0 Å². The van der Waals surface area contributed by atoms with Crippen molar-refractivity contribution in [2.24, 2.45) is 5.92 Å². The largest absolute Gasteiger partial charge is 0.461 e. The van der Waals surface area contributed by atoms with Crippen molar-refractivity contribution in [1.82, 2.24) is 19.9 Å². The third-order valence-corrected chi connectivity index (χ3v) is 6.95. The van der Waals surface area contributed by atoms with Gasteiger partial charge in [-0.15, -0.1) is 0 Å². The van der Waals surface area contributed by atoms with Gasteiger partial charge in [-0.25, -0.2) is 9.37 Å². The highest BCUT2D eigenvalue weighted by atomic mass is 35.5. The summed E-state index contributed by atoms with van der Waals surface area (Å²) < 4.78 is 21.0.